The zero-order valence-electron chi connectivity index (χ0n) is 9.46. The minimum Gasteiger partial charge on any atom is -0.391 e. The summed E-state index contributed by atoms with van der Waals surface area (Å²) >= 11 is 0. The van der Waals surface area contributed by atoms with Crippen molar-refractivity contribution in [1.82, 2.24) is 0 Å². The molecule has 1 aromatic rings. The Morgan fingerprint density at radius 2 is 1.89 bits per heavy atom. The molecule has 7 heteroatoms. The molecule has 1 aliphatic rings. The van der Waals surface area contributed by atoms with E-state index in [9.17, 15) is 22.3 Å². The van der Waals surface area contributed by atoms with Crippen LogP contribution in [0.4, 0.5) is 14.5 Å². The standard InChI is InChI=1S/C11H13F2NO3S/c12-11(13)18(16,17)10-3-1-8(2-4-10)14-6-5-9(15)7-14/h1-4,9,11,15H,5-7H2/t9-/m0/s1. The summed E-state index contributed by atoms with van der Waals surface area (Å²) in [5, 5.41) is 9.38. The number of sulfone groups is 1. The van der Waals surface area contributed by atoms with Crippen LogP contribution < -0.4 is 4.90 Å². The maximum atomic E-state index is 12.3. The largest absolute Gasteiger partial charge is 0.391 e. The fourth-order valence-corrected chi connectivity index (χ4v) is 2.65. The minimum absolute atomic E-state index is 0.388. The van der Waals surface area contributed by atoms with Crippen LogP contribution in [0.5, 0.6) is 0 Å². The number of rotatable bonds is 3. The van der Waals surface area contributed by atoms with E-state index in [1.54, 1.807) is 0 Å². The lowest BCUT2D eigenvalue weighted by Crippen LogP contribution is -2.21. The third kappa shape index (κ3) is 2.46. The molecule has 0 aromatic heterocycles. The maximum absolute atomic E-state index is 12.3. The van der Waals surface area contributed by atoms with Crippen LogP contribution in [0.2, 0.25) is 0 Å². The first-order valence-corrected chi connectivity index (χ1v) is 7.01. The molecule has 1 atom stereocenters. The molecule has 0 spiro atoms. The fourth-order valence-electron chi connectivity index (χ4n) is 1.93. The Morgan fingerprint density at radius 1 is 1.28 bits per heavy atom. The number of nitrogens with zero attached hydrogens (tertiary/aromatic N) is 1. The second-order valence-corrected chi connectivity index (χ2v) is 6.11. The van der Waals surface area contributed by atoms with E-state index in [1.165, 1.54) is 24.3 Å². The Balaban J connectivity index is 2.21. The number of anilines is 1. The summed E-state index contributed by atoms with van der Waals surface area (Å²) in [6, 6.07) is 5.30. The summed E-state index contributed by atoms with van der Waals surface area (Å²) in [6.45, 7) is 1.14. The van der Waals surface area contributed by atoms with E-state index < -0.39 is 21.7 Å². The molecular weight excluding hydrogens is 264 g/mol. The first-order chi connectivity index (χ1) is 8.41. The molecule has 1 N–H and O–H groups in total. The summed E-state index contributed by atoms with van der Waals surface area (Å²) in [7, 11) is -4.53. The molecule has 1 aromatic carbocycles. The van der Waals surface area contributed by atoms with Crippen molar-refractivity contribution >= 4 is 15.5 Å². The third-order valence-electron chi connectivity index (χ3n) is 2.93. The number of aliphatic hydroxyl groups is 1. The second-order valence-electron chi connectivity index (χ2n) is 4.19. The molecule has 2 rings (SSSR count). The van der Waals surface area contributed by atoms with E-state index in [4.69, 9.17) is 0 Å². The van der Waals surface area contributed by atoms with Crippen LogP contribution in [0, 0.1) is 0 Å². The molecular formula is C11H13F2NO3S. The first-order valence-electron chi connectivity index (χ1n) is 5.46. The SMILES string of the molecule is O=S(=O)(c1ccc(N2CC[C@H](O)C2)cc1)C(F)F. The fraction of sp³-hybridized carbons (Fsp3) is 0.455. The van der Waals surface area contributed by atoms with Gasteiger partial charge in [0, 0.05) is 18.8 Å². The van der Waals surface area contributed by atoms with Crippen molar-refractivity contribution in [3.63, 3.8) is 0 Å². The monoisotopic (exact) mass is 277 g/mol. The van der Waals surface area contributed by atoms with Crippen molar-refractivity contribution in [3.8, 4) is 0 Å². The predicted octanol–water partition coefficient (Wildman–Crippen LogP) is 1.25. The van der Waals surface area contributed by atoms with Gasteiger partial charge in [-0.15, -0.1) is 0 Å². The zero-order chi connectivity index (χ0) is 13.3. The highest BCUT2D eigenvalue weighted by Crippen LogP contribution is 2.24. The van der Waals surface area contributed by atoms with Crippen LogP contribution in [0.25, 0.3) is 0 Å². The summed E-state index contributed by atoms with van der Waals surface area (Å²) < 4.78 is 47.1. The van der Waals surface area contributed by atoms with Gasteiger partial charge < -0.3 is 10.0 Å². The Hall–Kier alpha value is -1.21. The predicted molar refractivity (Wildman–Crippen MR) is 62.5 cm³/mol. The third-order valence-corrected chi connectivity index (χ3v) is 4.33. The lowest BCUT2D eigenvalue weighted by molar-refractivity contribution is 0.198. The number of benzene rings is 1. The van der Waals surface area contributed by atoms with E-state index in [-0.39, 0.29) is 4.90 Å². The van der Waals surface area contributed by atoms with Crippen LogP contribution in [0.15, 0.2) is 29.2 Å². The van der Waals surface area contributed by atoms with Crippen molar-refractivity contribution in [2.75, 3.05) is 18.0 Å². The van der Waals surface area contributed by atoms with Gasteiger partial charge in [-0.25, -0.2) is 8.42 Å². The van der Waals surface area contributed by atoms with Crippen molar-refractivity contribution in [1.29, 1.82) is 0 Å². The molecule has 1 heterocycles. The molecule has 0 aliphatic carbocycles. The molecule has 0 amide bonds. The maximum Gasteiger partial charge on any atom is 0.341 e. The van der Waals surface area contributed by atoms with Crippen LogP contribution >= 0.6 is 0 Å². The van der Waals surface area contributed by atoms with Gasteiger partial charge in [0.1, 0.15) is 0 Å². The molecule has 0 saturated carbocycles. The molecule has 0 unspecified atom stereocenters. The highest BCUT2D eigenvalue weighted by atomic mass is 32.2. The average molecular weight is 277 g/mol. The summed E-state index contributed by atoms with van der Waals surface area (Å²) in [4.78, 5) is 1.49. The molecule has 0 radical (unpaired) electrons. The number of aliphatic hydroxyl groups excluding tert-OH is 1. The Labute approximate surface area is 104 Å². The van der Waals surface area contributed by atoms with Crippen LogP contribution in [0.1, 0.15) is 6.42 Å². The average Bonchev–Trinajstić information content (AvgIpc) is 2.76. The van der Waals surface area contributed by atoms with Gasteiger partial charge >= 0.3 is 5.76 Å². The molecule has 1 fully saturated rings. The normalized spacial score (nSPS) is 20.7. The van der Waals surface area contributed by atoms with Gasteiger partial charge in [-0.2, -0.15) is 8.78 Å². The topological polar surface area (TPSA) is 57.6 Å². The van der Waals surface area contributed by atoms with Crippen molar-refractivity contribution in [3.05, 3.63) is 24.3 Å². The Morgan fingerprint density at radius 3 is 2.33 bits per heavy atom. The van der Waals surface area contributed by atoms with Gasteiger partial charge in [0.15, 0.2) is 0 Å². The zero-order valence-corrected chi connectivity index (χ0v) is 10.3. The van der Waals surface area contributed by atoms with Gasteiger partial charge in [0.25, 0.3) is 0 Å². The molecule has 0 bridgehead atoms. The van der Waals surface area contributed by atoms with Gasteiger partial charge in [0.05, 0.1) is 11.0 Å². The highest BCUT2D eigenvalue weighted by Gasteiger charge is 2.27. The minimum atomic E-state index is -4.53. The molecule has 4 nitrogen and oxygen atoms in total. The van der Waals surface area contributed by atoms with Gasteiger partial charge in [-0.05, 0) is 30.7 Å². The summed E-state index contributed by atoms with van der Waals surface area (Å²) in [5.41, 5.74) is 0.722. The van der Waals surface area contributed by atoms with Crippen molar-refractivity contribution < 1.29 is 22.3 Å². The van der Waals surface area contributed by atoms with Crippen molar-refractivity contribution in [2.24, 2.45) is 0 Å². The first kappa shape index (κ1) is 13.2. The lowest BCUT2D eigenvalue weighted by atomic mass is 10.3. The number of alkyl halides is 2. The van der Waals surface area contributed by atoms with Crippen LogP contribution in [-0.4, -0.2) is 38.5 Å². The van der Waals surface area contributed by atoms with Crippen LogP contribution in [0.3, 0.4) is 0 Å². The molecule has 1 saturated heterocycles. The molecule has 100 valence electrons. The lowest BCUT2D eigenvalue weighted by Gasteiger charge is -2.17. The molecule has 18 heavy (non-hydrogen) atoms. The molecule has 1 aliphatic heterocycles. The number of hydrogen-bond donors (Lipinski definition) is 1. The summed E-state index contributed by atoms with van der Waals surface area (Å²) in [5.74, 6) is -3.41. The Kier molecular flexibility index (Phi) is 3.54. The van der Waals surface area contributed by atoms with Gasteiger partial charge in [0.2, 0.25) is 9.84 Å². The smallest absolute Gasteiger partial charge is 0.341 e. The van der Waals surface area contributed by atoms with E-state index in [1.807, 2.05) is 4.90 Å². The van der Waals surface area contributed by atoms with E-state index in [0.717, 1.165) is 5.69 Å². The van der Waals surface area contributed by atoms with Gasteiger partial charge in [-0.1, -0.05) is 0 Å². The summed E-state index contributed by atoms with van der Waals surface area (Å²) in [6.07, 6.45) is 0.256. The van der Waals surface area contributed by atoms with E-state index >= 15 is 0 Å². The number of hydrogen-bond acceptors (Lipinski definition) is 4. The van der Waals surface area contributed by atoms with Gasteiger partial charge in [-0.3, -0.25) is 0 Å². The number of halogens is 2. The van der Waals surface area contributed by atoms with E-state index in [2.05, 4.69) is 0 Å². The van der Waals surface area contributed by atoms with E-state index in [0.29, 0.717) is 19.5 Å². The second kappa shape index (κ2) is 4.81. The van der Waals surface area contributed by atoms with Crippen LogP contribution in [-0.2, 0) is 9.84 Å². The number of β-amino-alcohol motifs (C(OH)–C–C–N with tert-alkyl or cyclic N) is 1. The quantitative estimate of drug-likeness (QED) is 0.903. The Bertz CT molecular complexity index is 516. The van der Waals surface area contributed by atoms with Crippen molar-refractivity contribution in [2.45, 2.75) is 23.2 Å². The highest BCUT2D eigenvalue weighted by molar-refractivity contribution is 7.91.